The standard InChI is InChI=1S/C19H23ClO4/c1-6-23-18(22)17(24-19(3,4)5)15-11(2)9-12-10-13(20)7-8-14(12)16(15)21/h7-10,17,21H,6H2,1-5H3. The second kappa shape index (κ2) is 6.99. The van der Waals surface area contributed by atoms with Gasteiger partial charge in [-0.1, -0.05) is 17.7 Å². The Bertz CT molecular complexity index is 762. The van der Waals surface area contributed by atoms with Gasteiger partial charge >= 0.3 is 5.97 Å². The third-order valence-corrected chi connectivity index (χ3v) is 3.79. The van der Waals surface area contributed by atoms with Crippen LogP contribution >= 0.6 is 11.6 Å². The lowest BCUT2D eigenvalue weighted by Crippen LogP contribution is -2.29. The van der Waals surface area contributed by atoms with E-state index in [2.05, 4.69) is 0 Å². The van der Waals surface area contributed by atoms with E-state index in [-0.39, 0.29) is 12.4 Å². The number of esters is 1. The molecule has 1 atom stereocenters. The zero-order valence-corrected chi connectivity index (χ0v) is 15.4. The van der Waals surface area contributed by atoms with Crippen LogP contribution in [0.4, 0.5) is 0 Å². The van der Waals surface area contributed by atoms with E-state index in [0.29, 0.717) is 16.0 Å². The molecule has 1 N–H and O–H groups in total. The molecule has 2 aromatic carbocycles. The van der Waals surface area contributed by atoms with E-state index in [1.54, 1.807) is 25.1 Å². The van der Waals surface area contributed by atoms with Gasteiger partial charge in [0.2, 0.25) is 0 Å². The number of rotatable bonds is 4. The van der Waals surface area contributed by atoms with E-state index >= 15 is 0 Å². The highest BCUT2D eigenvalue weighted by atomic mass is 35.5. The maximum Gasteiger partial charge on any atom is 0.340 e. The molecular weight excluding hydrogens is 328 g/mol. The topological polar surface area (TPSA) is 55.8 Å². The van der Waals surface area contributed by atoms with Crippen molar-refractivity contribution in [1.82, 2.24) is 0 Å². The Morgan fingerprint density at radius 3 is 2.54 bits per heavy atom. The summed E-state index contributed by atoms with van der Waals surface area (Å²) in [6.07, 6.45) is -0.995. The molecule has 2 rings (SSSR count). The van der Waals surface area contributed by atoms with Gasteiger partial charge in [-0.15, -0.1) is 0 Å². The Labute approximate surface area is 147 Å². The number of fused-ring (bicyclic) bond motifs is 1. The summed E-state index contributed by atoms with van der Waals surface area (Å²) >= 11 is 6.02. The average molecular weight is 351 g/mol. The van der Waals surface area contributed by atoms with Crippen LogP contribution in [-0.4, -0.2) is 23.3 Å². The first-order valence-corrected chi connectivity index (χ1v) is 8.28. The van der Waals surface area contributed by atoms with Crippen molar-refractivity contribution < 1.29 is 19.4 Å². The number of halogens is 1. The van der Waals surface area contributed by atoms with Crippen molar-refractivity contribution in [3.63, 3.8) is 0 Å². The highest BCUT2D eigenvalue weighted by Crippen LogP contribution is 2.39. The number of ether oxygens (including phenoxy) is 2. The van der Waals surface area contributed by atoms with Crippen LogP contribution in [-0.2, 0) is 14.3 Å². The minimum Gasteiger partial charge on any atom is -0.507 e. The lowest BCUT2D eigenvalue weighted by molar-refractivity contribution is -0.167. The first kappa shape index (κ1) is 18.6. The third kappa shape index (κ3) is 4.00. The lowest BCUT2D eigenvalue weighted by atomic mass is 9.96. The summed E-state index contributed by atoms with van der Waals surface area (Å²) in [7, 11) is 0. The molecule has 0 radical (unpaired) electrons. The Kier molecular flexibility index (Phi) is 5.41. The van der Waals surface area contributed by atoms with Crippen LogP contribution in [0.5, 0.6) is 5.75 Å². The molecule has 0 saturated heterocycles. The van der Waals surface area contributed by atoms with E-state index in [1.807, 2.05) is 33.8 Å². The Morgan fingerprint density at radius 2 is 1.96 bits per heavy atom. The fourth-order valence-electron chi connectivity index (χ4n) is 2.64. The monoisotopic (exact) mass is 350 g/mol. The van der Waals surface area contributed by atoms with Crippen molar-refractivity contribution in [2.24, 2.45) is 0 Å². The summed E-state index contributed by atoms with van der Waals surface area (Å²) in [5, 5.41) is 12.8. The molecule has 0 aliphatic carbocycles. The molecule has 0 fully saturated rings. The van der Waals surface area contributed by atoms with Crippen molar-refractivity contribution in [2.75, 3.05) is 6.61 Å². The van der Waals surface area contributed by atoms with Gasteiger partial charge in [0.1, 0.15) is 5.75 Å². The Hall–Kier alpha value is -1.78. The Balaban J connectivity index is 2.64. The minimum atomic E-state index is -0.995. The van der Waals surface area contributed by atoms with Crippen LogP contribution in [0.3, 0.4) is 0 Å². The van der Waals surface area contributed by atoms with Crippen LogP contribution in [0.25, 0.3) is 10.8 Å². The van der Waals surface area contributed by atoms with Gasteiger partial charge < -0.3 is 14.6 Å². The van der Waals surface area contributed by atoms with Crippen molar-refractivity contribution in [3.8, 4) is 5.75 Å². The average Bonchev–Trinajstić information content (AvgIpc) is 2.44. The molecule has 0 aromatic heterocycles. The normalized spacial score (nSPS) is 13.1. The van der Waals surface area contributed by atoms with Gasteiger partial charge in [0.05, 0.1) is 12.2 Å². The fraction of sp³-hybridized carbons (Fsp3) is 0.421. The highest BCUT2D eigenvalue weighted by molar-refractivity contribution is 6.31. The molecule has 0 saturated carbocycles. The molecule has 1 unspecified atom stereocenters. The number of aromatic hydroxyl groups is 1. The van der Waals surface area contributed by atoms with Crippen LogP contribution in [0.1, 0.15) is 44.9 Å². The van der Waals surface area contributed by atoms with Gasteiger partial charge in [0, 0.05) is 16.0 Å². The predicted octanol–water partition coefficient (Wildman–Crippen LogP) is 4.93. The molecule has 24 heavy (non-hydrogen) atoms. The van der Waals surface area contributed by atoms with Crippen LogP contribution in [0.2, 0.25) is 5.02 Å². The van der Waals surface area contributed by atoms with Gasteiger partial charge in [-0.25, -0.2) is 4.79 Å². The third-order valence-electron chi connectivity index (χ3n) is 3.55. The number of carbonyl (C=O) groups excluding carboxylic acids is 1. The van der Waals surface area contributed by atoms with Crippen molar-refractivity contribution in [2.45, 2.75) is 46.3 Å². The number of aryl methyl sites for hydroxylation is 1. The van der Waals surface area contributed by atoms with Crippen LogP contribution in [0, 0.1) is 6.92 Å². The quantitative estimate of drug-likeness (QED) is 0.794. The van der Waals surface area contributed by atoms with E-state index < -0.39 is 17.7 Å². The van der Waals surface area contributed by atoms with Gasteiger partial charge in [0.15, 0.2) is 6.10 Å². The SMILES string of the molecule is CCOC(=O)C(OC(C)(C)C)c1c(C)cc2cc(Cl)ccc2c1O. The molecule has 0 aliphatic rings. The summed E-state index contributed by atoms with van der Waals surface area (Å²) in [6, 6.07) is 7.09. The predicted molar refractivity (Wildman–Crippen MR) is 95.6 cm³/mol. The van der Waals surface area contributed by atoms with E-state index in [0.717, 1.165) is 10.9 Å². The van der Waals surface area contributed by atoms with Crippen LogP contribution < -0.4 is 0 Å². The number of phenols is 1. The summed E-state index contributed by atoms with van der Waals surface area (Å²) < 4.78 is 11.1. The lowest BCUT2D eigenvalue weighted by Gasteiger charge is -2.28. The second-order valence-electron chi connectivity index (χ2n) is 6.68. The van der Waals surface area contributed by atoms with Crippen LogP contribution in [0.15, 0.2) is 24.3 Å². The first-order valence-electron chi connectivity index (χ1n) is 7.90. The van der Waals surface area contributed by atoms with Gasteiger partial charge in [-0.3, -0.25) is 0 Å². The molecule has 2 aromatic rings. The minimum absolute atomic E-state index is 0.0176. The highest BCUT2D eigenvalue weighted by Gasteiger charge is 2.32. The van der Waals surface area contributed by atoms with Gasteiger partial charge in [-0.05, 0) is 63.8 Å². The van der Waals surface area contributed by atoms with E-state index in [9.17, 15) is 9.90 Å². The van der Waals surface area contributed by atoms with Crippen molar-refractivity contribution >= 4 is 28.3 Å². The Morgan fingerprint density at radius 1 is 1.29 bits per heavy atom. The maximum absolute atomic E-state index is 12.4. The molecule has 0 heterocycles. The van der Waals surface area contributed by atoms with Crippen molar-refractivity contribution in [3.05, 3.63) is 40.4 Å². The number of hydrogen-bond donors (Lipinski definition) is 1. The summed E-state index contributed by atoms with van der Waals surface area (Å²) in [5.74, 6) is -0.497. The summed E-state index contributed by atoms with van der Waals surface area (Å²) in [4.78, 5) is 12.4. The first-order chi connectivity index (χ1) is 11.1. The molecule has 130 valence electrons. The number of phenolic OH excluding ortho intramolecular Hbond substituents is 1. The fourth-order valence-corrected chi connectivity index (χ4v) is 2.82. The smallest absolute Gasteiger partial charge is 0.340 e. The number of benzene rings is 2. The zero-order chi connectivity index (χ0) is 18.1. The number of carbonyl (C=O) groups is 1. The van der Waals surface area contributed by atoms with Gasteiger partial charge in [0.25, 0.3) is 0 Å². The van der Waals surface area contributed by atoms with Gasteiger partial charge in [-0.2, -0.15) is 0 Å². The van der Waals surface area contributed by atoms with Crippen molar-refractivity contribution in [1.29, 1.82) is 0 Å². The molecule has 0 amide bonds. The second-order valence-corrected chi connectivity index (χ2v) is 7.12. The molecule has 4 nitrogen and oxygen atoms in total. The summed E-state index contributed by atoms with van der Waals surface area (Å²) in [6.45, 7) is 9.37. The van der Waals surface area contributed by atoms with E-state index in [4.69, 9.17) is 21.1 Å². The van der Waals surface area contributed by atoms with E-state index in [1.165, 1.54) is 0 Å². The summed E-state index contributed by atoms with van der Waals surface area (Å²) in [5.41, 5.74) is 0.591. The molecule has 0 aliphatic heterocycles. The maximum atomic E-state index is 12.4. The molecule has 0 bridgehead atoms. The molecule has 5 heteroatoms. The zero-order valence-electron chi connectivity index (χ0n) is 14.6. The molecular formula is C19H23ClO4. The number of hydrogen-bond acceptors (Lipinski definition) is 4. The molecule has 0 spiro atoms. The largest absolute Gasteiger partial charge is 0.507 e.